The van der Waals surface area contributed by atoms with E-state index in [2.05, 4.69) is 0 Å². The average Bonchev–Trinajstić information content (AvgIpc) is 2.30. The molecule has 0 saturated heterocycles. The first kappa shape index (κ1) is 14.4. The Labute approximate surface area is 106 Å². The molecule has 0 heterocycles. The molecule has 98 valence electrons. The molecule has 1 aromatic rings. The number of carbonyl (C=O) groups is 1. The van der Waals surface area contributed by atoms with Gasteiger partial charge in [0.25, 0.3) is 5.69 Å². The zero-order valence-electron chi connectivity index (χ0n) is 9.13. The topological polar surface area (TPSA) is 101 Å². The Morgan fingerprint density at radius 1 is 1.50 bits per heavy atom. The first-order chi connectivity index (χ1) is 8.47. The number of nitrogens with zero attached hydrogens (tertiary/aromatic N) is 1. The Morgan fingerprint density at radius 2 is 2.17 bits per heavy atom. The first-order valence-electron chi connectivity index (χ1n) is 4.92. The summed E-state index contributed by atoms with van der Waals surface area (Å²) in [4.78, 5) is 20.5. The quantitative estimate of drug-likeness (QED) is 0.356. The van der Waals surface area contributed by atoms with Crippen molar-refractivity contribution in [1.29, 1.82) is 0 Å². The molecule has 6 nitrogen and oxygen atoms in total. The van der Waals surface area contributed by atoms with Crippen molar-refractivity contribution < 1.29 is 24.3 Å². The van der Waals surface area contributed by atoms with Gasteiger partial charge in [-0.2, -0.15) is 0 Å². The second-order valence-corrected chi connectivity index (χ2v) is 4.42. The number of thioether (sulfide) groups is 1. The molecule has 0 bridgehead atoms. The number of carboxylic acid groups (broad SMARTS) is 1. The van der Waals surface area contributed by atoms with Gasteiger partial charge in [0, 0.05) is 17.3 Å². The molecule has 0 amide bonds. The molecule has 0 radical (unpaired) electrons. The molecule has 2 N–H and O–H groups in total. The fraction of sp³-hybridized carbons (Fsp3) is 0.300. The van der Waals surface area contributed by atoms with Gasteiger partial charge in [0.15, 0.2) is 0 Å². The lowest BCUT2D eigenvalue weighted by atomic mass is 10.2. The third kappa shape index (κ3) is 3.41. The molecule has 0 atom stereocenters. The van der Waals surface area contributed by atoms with Gasteiger partial charge in [0.2, 0.25) is 0 Å². The molecule has 0 fully saturated rings. The number of aliphatic hydroxyl groups is 1. The molecule has 0 aromatic heterocycles. The molecule has 0 aliphatic heterocycles. The van der Waals surface area contributed by atoms with Crippen molar-refractivity contribution in [2.75, 3.05) is 12.4 Å². The SMILES string of the molecule is O=C(O)c1cc(SCCCO)c(F)cc1[N+](=O)[O-]. The molecule has 0 spiro atoms. The number of halogens is 1. The summed E-state index contributed by atoms with van der Waals surface area (Å²) >= 11 is 1.00. The molecule has 8 heteroatoms. The molecule has 0 unspecified atom stereocenters. The van der Waals surface area contributed by atoms with E-state index in [1.165, 1.54) is 0 Å². The predicted molar refractivity (Wildman–Crippen MR) is 62.4 cm³/mol. The van der Waals surface area contributed by atoms with Gasteiger partial charge >= 0.3 is 5.97 Å². The van der Waals surface area contributed by atoms with Crippen molar-refractivity contribution in [1.82, 2.24) is 0 Å². The van der Waals surface area contributed by atoms with Gasteiger partial charge in [-0.1, -0.05) is 0 Å². The molecular weight excluding hydrogens is 265 g/mol. The summed E-state index contributed by atoms with van der Waals surface area (Å²) in [5, 5.41) is 28.0. The van der Waals surface area contributed by atoms with E-state index in [0.29, 0.717) is 18.2 Å². The molecule has 18 heavy (non-hydrogen) atoms. The molecule has 1 aromatic carbocycles. The highest BCUT2D eigenvalue weighted by atomic mass is 32.2. The Morgan fingerprint density at radius 3 is 2.67 bits per heavy atom. The number of hydrogen-bond donors (Lipinski definition) is 2. The van der Waals surface area contributed by atoms with Crippen LogP contribution in [0.3, 0.4) is 0 Å². The molecule has 0 saturated carbocycles. The van der Waals surface area contributed by atoms with Gasteiger partial charge in [0.05, 0.1) is 11.0 Å². The monoisotopic (exact) mass is 275 g/mol. The van der Waals surface area contributed by atoms with E-state index in [4.69, 9.17) is 10.2 Å². The second-order valence-electron chi connectivity index (χ2n) is 3.29. The minimum Gasteiger partial charge on any atom is -0.477 e. The van der Waals surface area contributed by atoms with E-state index in [-0.39, 0.29) is 11.5 Å². The summed E-state index contributed by atoms with van der Waals surface area (Å²) in [6, 6.07) is 1.54. The number of nitro benzene ring substituents is 1. The van der Waals surface area contributed by atoms with Crippen LogP contribution in [0.2, 0.25) is 0 Å². The van der Waals surface area contributed by atoms with Crippen LogP contribution in [0.15, 0.2) is 17.0 Å². The maximum atomic E-state index is 13.5. The number of carboxylic acids is 1. The molecular formula is C10H10FNO5S. The lowest BCUT2D eigenvalue weighted by Gasteiger charge is -2.05. The first-order valence-corrected chi connectivity index (χ1v) is 5.90. The third-order valence-electron chi connectivity index (χ3n) is 2.04. The maximum Gasteiger partial charge on any atom is 0.342 e. The van der Waals surface area contributed by atoms with Gasteiger partial charge in [0.1, 0.15) is 11.4 Å². The number of aliphatic hydroxyl groups excluding tert-OH is 1. The van der Waals surface area contributed by atoms with E-state index < -0.39 is 28.0 Å². The normalized spacial score (nSPS) is 10.3. The van der Waals surface area contributed by atoms with Crippen LogP contribution in [-0.4, -0.2) is 33.5 Å². The molecule has 0 aliphatic carbocycles. The highest BCUT2D eigenvalue weighted by Crippen LogP contribution is 2.29. The van der Waals surface area contributed by atoms with Gasteiger partial charge in [-0.3, -0.25) is 10.1 Å². The Balaban J connectivity index is 3.11. The van der Waals surface area contributed by atoms with E-state index in [0.717, 1.165) is 17.8 Å². The zero-order chi connectivity index (χ0) is 13.7. The van der Waals surface area contributed by atoms with E-state index in [9.17, 15) is 19.3 Å². The van der Waals surface area contributed by atoms with Crippen LogP contribution < -0.4 is 0 Å². The number of aromatic carboxylic acids is 1. The Kier molecular flexibility index (Phi) is 5.05. The predicted octanol–water partition coefficient (Wildman–Crippen LogP) is 1.91. The summed E-state index contributed by atoms with van der Waals surface area (Å²) in [6.45, 7) is -0.0621. The second kappa shape index (κ2) is 6.31. The van der Waals surface area contributed by atoms with Gasteiger partial charge in [-0.15, -0.1) is 11.8 Å². The van der Waals surface area contributed by atoms with Crippen molar-refractivity contribution >= 4 is 23.4 Å². The Hall–Kier alpha value is -1.67. The van der Waals surface area contributed by atoms with Gasteiger partial charge in [-0.25, -0.2) is 9.18 Å². The van der Waals surface area contributed by atoms with E-state index >= 15 is 0 Å². The van der Waals surface area contributed by atoms with Crippen LogP contribution in [0, 0.1) is 15.9 Å². The average molecular weight is 275 g/mol. The van der Waals surface area contributed by atoms with Crippen LogP contribution >= 0.6 is 11.8 Å². The standard InChI is InChI=1S/C10H10FNO5S/c11-7-5-8(12(16)17)6(10(14)15)4-9(7)18-3-1-2-13/h4-5,13H,1-3H2,(H,14,15). The zero-order valence-corrected chi connectivity index (χ0v) is 9.95. The Bertz CT molecular complexity index is 480. The van der Waals surface area contributed by atoms with Crippen LogP contribution in [0.5, 0.6) is 0 Å². The molecule has 0 aliphatic rings. The molecule has 1 rings (SSSR count). The van der Waals surface area contributed by atoms with E-state index in [1.807, 2.05) is 0 Å². The van der Waals surface area contributed by atoms with Crippen molar-refractivity contribution in [3.05, 3.63) is 33.6 Å². The van der Waals surface area contributed by atoms with Crippen LogP contribution in [-0.2, 0) is 0 Å². The lowest BCUT2D eigenvalue weighted by Crippen LogP contribution is -2.04. The third-order valence-corrected chi connectivity index (χ3v) is 3.15. The largest absolute Gasteiger partial charge is 0.477 e. The van der Waals surface area contributed by atoms with Crippen LogP contribution in [0.4, 0.5) is 10.1 Å². The van der Waals surface area contributed by atoms with Gasteiger partial charge < -0.3 is 10.2 Å². The summed E-state index contributed by atoms with van der Waals surface area (Å²) in [7, 11) is 0. The summed E-state index contributed by atoms with van der Waals surface area (Å²) in [5.41, 5.74) is -1.32. The van der Waals surface area contributed by atoms with Crippen molar-refractivity contribution in [3.63, 3.8) is 0 Å². The minimum absolute atomic E-state index is 0.0199. The summed E-state index contributed by atoms with van der Waals surface area (Å²) in [6.07, 6.45) is 0.420. The smallest absolute Gasteiger partial charge is 0.342 e. The van der Waals surface area contributed by atoms with Crippen LogP contribution in [0.1, 0.15) is 16.8 Å². The van der Waals surface area contributed by atoms with Crippen LogP contribution in [0.25, 0.3) is 0 Å². The number of benzene rings is 1. The highest BCUT2D eigenvalue weighted by Gasteiger charge is 2.23. The van der Waals surface area contributed by atoms with Crippen molar-refractivity contribution in [2.45, 2.75) is 11.3 Å². The van der Waals surface area contributed by atoms with Crippen molar-refractivity contribution in [2.24, 2.45) is 0 Å². The van der Waals surface area contributed by atoms with E-state index in [1.54, 1.807) is 0 Å². The van der Waals surface area contributed by atoms with Gasteiger partial charge in [-0.05, 0) is 12.5 Å². The fourth-order valence-corrected chi connectivity index (χ4v) is 2.11. The number of hydrogen-bond acceptors (Lipinski definition) is 5. The number of nitro groups is 1. The summed E-state index contributed by atoms with van der Waals surface area (Å²) < 4.78 is 13.5. The fourth-order valence-electron chi connectivity index (χ4n) is 1.22. The number of rotatable bonds is 6. The maximum absolute atomic E-state index is 13.5. The minimum atomic E-state index is -1.48. The summed E-state index contributed by atoms with van der Waals surface area (Å²) in [5.74, 6) is -1.93. The lowest BCUT2D eigenvalue weighted by molar-refractivity contribution is -0.385. The highest BCUT2D eigenvalue weighted by molar-refractivity contribution is 7.99. The van der Waals surface area contributed by atoms with Crippen molar-refractivity contribution in [3.8, 4) is 0 Å².